The number of nitrogens with one attached hydrogen (secondary N) is 1. The maximum absolute atomic E-state index is 13.3. The lowest BCUT2D eigenvalue weighted by Gasteiger charge is -2.30. The first-order valence-corrected chi connectivity index (χ1v) is 12.4. The number of carbonyl (C=O) groups is 2. The highest BCUT2D eigenvalue weighted by Gasteiger charge is 2.28. The Balaban J connectivity index is 1.50. The van der Waals surface area contributed by atoms with Crippen LogP contribution < -0.4 is 11.1 Å². The van der Waals surface area contributed by atoms with Crippen LogP contribution >= 0.6 is 0 Å². The number of amides is 2. The number of nitrogens with two attached hydrogens (primary N) is 1. The molecule has 0 aliphatic heterocycles. The van der Waals surface area contributed by atoms with Crippen molar-refractivity contribution in [1.29, 1.82) is 0 Å². The van der Waals surface area contributed by atoms with Gasteiger partial charge in [0.1, 0.15) is 0 Å². The van der Waals surface area contributed by atoms with E-state index in [4.69, 9.17) is 5.73 Å². The minimum Gasteiger partial charge on any atom is -0.381 e. The summed E-state index contributed by atoms with van der Waals surface area (Å²) in [7, 11) is 2.13. The Kier molecular flexibility index (Phi) is 8.45. The van der Waals surface area contributed by atoms with Gasteiger partial charge in [0.05, 0.1) is 17.3 Å². The summed E-state index contributed by atoms with van der Waals surface area (Å²) < 4.78 is 1.59. The minimum absolute atomic E-state index is 0.242. The molecule has 36 heavy (non-hydrogen) atoms. The number of aliphatic hydroxyl groups excluding tert-OH is 1. The van der Waals surface area contributed by atoms with Gasteiger partial charge >= 0.3 is 0 Å². The molecule has 1 aliphatic rings. The summed E-state index contributed by atoms with van der Waals surface area (Å²) in [5.41, 5.74) is 7.38. The van der Waals surface area contributed by atoms with Crippen molar-refractivity contribution < 1.29 is 14.7 Å². The number of primary amides is 1. The van der Waals surface area contributed by atoms with Gasteiger partial charge in [-0.1, -0.05) is 49.6 Å². The SMILES string of the molecule is CN(Cc1ccn(-c2ncccc2C(=O)NC(Cc2ccccc2)C(O)C(N)=O)n1)C1CCCCC1. The van der Waals surface area contributed by atoms with E-state index >= 15 is 0 Å². The van der Waals surface area contributed by atoms with Gasteiger partial charge in [-0.15, -0.1) is 0 Å². The molecule has 0 saturated heterocycles. The molecule has 2 amide bonds. The molecule has 0 spiro atoms. The number of pyridine rings is 1. The molecule has 1 aromatic carbocycles. The first kappa shape index (κ1) is 25.5. The second kappa shape index (κ2) is 11.9. The number of nitrogens with zero attached hydrogens (tertiary/aromatic N) is 4. The topological polar surface area (TPSA) is 126 Å². The molecule has 1 saturated carbocycles. The van der Waals surface area contributed by atoms with Crippen LogP contribution in [0.3, 0.4) is 0 Å². The molecule has 2 heterocycles. The van der Waals surface area contributed by atoms with Crippen LogP contribution in [0.5, 0.6) is 0 Å². The molecule has 2 atom stereocenters. The van der Waals surface area contributed by atoms with Crippen LogP contribution in [-0.4, -0.2) is 61.8 Å². The van der Waals surface area contributed by atoms with Gasteiger partial charge < -0.3 is 16.2 Å². The quantitative estimate of drug-likeness (QED) is 0.400. The molecule has 4 rings (SSSR count). The van der Waals surface area contributed by atoms with Gasteiger partial charge in [0.25, 0.3) is 5.91 Å². The summed E-state index contributed by atoms with van der Waals surface area (Å²) in [6.45, 7) is 0.718. The zero-order chi connectivity index (χ0) is 25.5. The van der Waals surface area contributed by atoms with Crippen molar-refractivity contribution in [2.75, 3.05) is 7.05 Å². The molecule has 0 bridgehead atoms. The number of hydrogen-bond acceptors (Lipinski definition) is 6. The summed E-state index contributed by atoms with van der Waals surface area (Å²) in [5.74, 6) is -1.01. The Morgan fingerprint density at radius 3 is 2.61 bits per heavy atom. The molecule has 1 aliphatic carbocycles. The van der Waals surface area contributed by atoms with Crippen LogP contribution in [0.15, 0.2) is 60.9 Å². The molecule has 9 nitrogen and oxygen atoms in total. The van der Waals surface area contributed by atoms with Crippen molar-refractivity contribution in [2.24, 2.45) is 5.73 Å². The number of rotatable bonds is 10. The van der Waals surface area contributed by atoms with Crippen LogP contribution in [0.1, 0.15) is 53.7 Å². The molecule has 2 unspecified atom stereocenters. The molecular formula is C27H34N6O3. The van der Waals surface area contributed by atoms with Crippen LogP contribution in [0, 0.1) is 0 Å². The Morgan fingerprint density at radius 2 is 1.89 bits per heavy atom. The summed E-state index contributed by atoms with van der Waals surface area (Å²) in [5, 5.41) is 17.9. The van der Waals surface area contributed by atoms with E-state index in [0.717, 1.165) is 17.8 Å². The van der Waals surface area contributed by atoms with Crippen molar-refractivity contribution in [3.8, 4) is 5.82 Å². The third-order valence-corrected chi connectivity index (χ3v) is 6.79. The maximum Gasteiger partial charge on any atom is 0.255 e. The number of aliphatic hydroxyl groups is 1. The van der Waals surface area contributed by atoms with Crippen molar-refractivity contribution in [3.63, 3.8) is 0 Å². The third kappa shape index (κ3) is 6.35. The van der Waals surface area contributed by atoms with Gasteiger partial charge in [-0.05, 0) is 50.1 Å². The van der Waals surface area contributed by atoms with Crippen LogP contribution in [0.4, 0.5) is 0 Å². The van der Waals surface area contributed by atoms with Gasteiger partial charge in [-0.25, -0.2) is 9.67 Å². The normalized spacial score (nSPS) is 16.0. The first-order valence-electron chi connectivity index (χ1n) is 12.4. The molecule has 1 fully saturated rings. The summed E-state index contributed by atoms with van der Waals surface area (Å²) in [6.07, 6.45) is 8.37. The minimum atomic E-state index is -1.54. The van der Waals surface area contributed by atoms with Crippen molar-refractivity contribution in [2.45, 2.75) is 63.3 Å². The van der Waals surface area contributed by atoms with Gasteiger partial charge in [0.15, 0.2) is 11.9 Å². The van der Waals surface area contributed by atoms with Crippen LogP contribution in [0.25, 0.3) is 5.82 Å². The lowest BCUT2D eigenvalue weighted by Crippen LogP contribution is -2.50. The molecule has 2 aromatic heterocycles. The Labute approximate surface area is 211 Å². The third-order valence-electron chi connectivity index (χ3n) is 6.79. The largest absolute Gasteiger partial charge is 0.381 e. The lowest BCUT2D eigenvalue weighted by atomic mass is 9.94. The molecule has 190 valence electrons. The Morgan fingerprint density at radius 1 is 1.14 bits per heavy atom. The van der Waals surface area contributed by atoms with Gasteiger partial charge in [0.2, 0.25) is 5.91 Å². The first-order chi connectivity index (χ1) is 17.4. The van der Waals surface area contributed by atoms with Crippen LogP contribution in [0.2, 0.25) is 0 Å². The maximum atomic E-state index is 13.3. The van der Waals surface area contributed by atoms with Crippen molar-refractivity contribution in [1.82, 2.24) is 25.0 Å². The number of carbonyl (C=O) groups excluding carboxylic acids is 2. The Hall–Kier alpha value is -3.56. The van der Waals surface area contributed by atoms with Gasteiger partial charge in [-0.3, -0.25) is 14.5 Å². The summed E-state index contributed by atoms with van der Waals surface area (Å²) in [6, 6.07) is 14.2. The zero-order valence-corrected chi connectivity index (χ0v) is 20.6. The van der Waals surface area contributed by atoms with E-state index in [0.29, 0.717) is 11.9 Å². The van der Waals surface area contributed by atoms with Crippen molar-refractivity contribution >= 4 is 11.8 Å². The highest BCUT2D eigenvalue weighted by atomic mass is 16.3. The van der Waals surface area contributed by atoms with E-state index in [9.17, 15) is 14.7 Å². The predicted octanol–water partition coefficient (Wildman–Crippen LogP) is 2.22. The summed E-state index contributed by atoms with van der Waals surface area (Å²) in [4.78, 5) is 31.8. The van der Waals surface area contributed by atoms with Gasteiger partial charge in [0, 0.05) is 25.0 Å². The Bertz CT molecular complexity index is 1160. The number of aromatic nitrogens is 3. The molecule has 9 heteroatoms. The van der Waals surface area contributed by atoms with E-state index < -0.39 is 24.0 Å². The predicted molar refractivity (Wildman–Crippen MR) is 136 cm³/mol. The van der Waals surface area contributed by atoms with E-state index in [2.05, 4.69) is 27.3 Å². The van der Waals surface area contributed by atoms with Crippen LogP contribution in [-0.2, 0) is 17.8 Å². The second-order valence-corrected chi connectivity index (χ2v) is 9.45. The fourth-order valence-electron chi connectivity index (χ4n) is 4.78. The second-order valence-electron chi connectivity index (χ2n) is 9.45. The van der Waals surface area contributed by atoms with E-state index in [1.54, 1.807) is 29.2 Å². The average Bonchev–Trinajstić information content (AvgIpc) is 3.37. The highest BCUT2D eigenvalue weighted by Crippen LogP contribution is 2.23. The molecule has 0 radical (unpaired) electrons. The molecule has 4 N–H and O–H groups in total. The van der Waals surface area contributed by atoms with Gasteiger partial charge in [-0.2, -0.15) is 5.10 Å². The number of benzene rings is 1. The standard InChI is InChI=1S/C27H34N6O3/c1-32(21-11-6-3-7-12-21)18-20-14-16-33(31-20)26-22(13-8-15-29-26)27(36)30-23(24(34)25(28)35)17-19-9-4-2-5-10-19/h2,4-5,8-10,13-16,21,23-24,34H,3,6-7,11-12,17-18H2,1H3,(H2,28,35)(H,30,36). The zero-order valence-electron chi connectivity index (χ0n) is 20.6. The lowest BCUT2D eigenvalue weighted by molar-refractivity contribution is -0.127. The van der Waals surface area contributed by atoms with Crippen molar-refractivity contribution in [3.05, 3.63) is 77.7 Å². The van der Waals surface area contributed by atoms with E-state index in [1.165, 1.54) is 32.1 Å². The molecular weight excluding hydrogens is 456 g/mol. The number of hydrogen-bond donors (Lipinski definition) is 3. The van der Waals surface area contributed by atoms with E-state index in [1.807, 2.05) is 36.4 Å². The smallest absolute Gasteiger partial charge is 0.255 e. The van der Waals surface area contributed by atoms with E-state index in [-0.39, 0.29) is 12.0 Å². The summed E-state index contributed by atoms with van der Waals surface area (Å²) >= 11 is 0. The molecule has 3 aromatic rings. The highest BCUT2D eigenvalue weighted by molar-refractivity contribution is 5.97. The average molecular weight is 491 g/mol. The fourth-order valence-corrected chi connectivity index (χ4v) is 4.78. The fraction of sp³-hybridized carbons (Fsp3) is 0.407. The monoisotopic (exact) mass is 490 g/mol.